The van der Waals surface area contributed by atoms with Gasteiger partial charge in [-0.3, -0.25) is 9.59 Å². The van der Waals surface area contributed by atoms with E-state index in [0.29, 0.717) is 0 Å². The lowest BCUT2D eigenvalue weighted by Gasteiger charge is -2.23. The minimum atomic E-state index is -0.978. The van der Waals surface area contributed by atoms with E-state index in [9.17, 15) is 9.59 Å². The largest absolute Gasteiger partial charge is 0.481 e. The van der Waals surface area contributed by atoms with Crippen molar-refractivity contribution in [2.24, 2.45) is 0 Å². The SMILES string of the molecule is CC(C)(CC(=O)O)NC(=O)c1cnn(-c2ccccc2)n1. The highest BCUT2D eigenvalue weighted by atomic mass is 16.4. The average molecular weight is 288 g/mol. The van der Waals surface area contributed by atoms with E-state index < -0.39 is 17.4 Å². The van der Waals surface area contributed by atoms with Gasteiger partial charge in [0.15, 0.2) is 5.69 Å². The molecule has 7 heteroatoms. The molecule has 21 heavy (non-hydrogen) atoms. The van der Waals surface area contributed by atoms with Gasteiger partial charge in [-0.15, -0.1) is 5.10 Å². The number of carboxylic acid groups (broad SMARTS) is 1. The number of rotatable bonds is 5. The molecule has 0 aliphatic carbocycles. The first kappa shape index (κ1) is 14.7. The summed E-state index contributed by atoms with van der Waals surface area (Å²) < 4.78 is 0. The van der Waals surface area contributed by atoms with Crippen LogP contribution in [0.5, 0.6) is 0 Å². The van der Waals surface area contributed by atoms with E-state index in [0.717, 1.165) is 5.69 Å². The second-order valence-corrected chi connectivity index (χ2v) is 5.26. The maximum atomic E-state index is 12.1. The predicted molar refractivity (Wildman–Crippen MR) is 75.2 cm³/mol. The van der Waals surface area contributed by atoms with Crippen molar-refractivity contribution in [3.05, 3.63) is 42.2 Å². The Hall–Kier alpha value is -2.70. The van der Waals surface area contributed by atoms with Crippen LogP contribution in [0, 0.1) is 0 Å². The van der Waals surface area contributed by atoms with E-state index in [1.54, 1.807) is 13.8 Å². The summed E-state index contributed by atoms with van der Waals surface area (Å²) in [6.07, 6.45) is 1.17. The molecular weight excluding hydrogens is 272 g/mol. The predicted octanol–water partition coefficient (Wildman–Crippen LogP) is 1.25. The number of hydrogen-bond acceptors (Lipinski definition) is 4. The molecule has 2 aromatic rings. The van der Waals surface area contributed by atoms with Crippen LogP contribution in [0.1, 0.15) is 30.8 Å². The van der Waals surface area contributed by atoms with Crippen LogP contribution in [0.15, 0.2) is 36.5 Å². The third kappa shape index (κ3) is 3.88. The summed E-state index contributed by atoms with van der Waals surface area (Å²) in [7, 11) is 0. The number of para-hydroxylation sites is 1. The molecule has 0 aliphatic heterocycles. The zero-order chi connectivity index (χ0) is 15.5. The Balaban J connectivity index is 2.11. The molecule has 2 rings (SSSR count). The van der Waals surface area contributed by atoms with E-state index in [1.165, 1.54) is 11.0 Å². The highest BCUT2D eigenvalue weighted by Gasteiger charge is 2.25. The van der Waals surface area contributed by atoms with Gasteiger partial charge in [-0.2, -0.15) is 9.90 Å². The van der Waals surface area contributed by atoms with Gasteiger partial charge < -0.3 is 10.4 Å². The number of carbonyl (C=O) groups is 2. The Kier molecular flexibility index (Phi) is 4.02. The van der Waals surface area contributed by atoms with Gasteiger partial charge in [0, 0.05) is 5.54 Å². The third-order valence-electron chi connectivity index (χ3n) is 2.76. The molecule has 0 saturated heterocycles. The second kappa shape index (κ2) is 5.74. The summed E-state index contributed by atoms with van der Waals surface area (Å²) in [5.74, 6) is -1.43. The zero-order valence-corrected chi connectivity index (χ0v) is 11.8. The molecule has 7 nitrogen and oxygen atoms in total. The molecule has 0 bridgehead atoms. The number of nitrogens with one attached hydrogen (secondary N) is 1. The molecule has 0 fully saturated rings. The maximum Gasteiger partial charge on any atom is 0.305 e. The van der Waals surface area contributed by atoms with E-state index in [1.807, 2.05) is 30.3 Å². The van der Waals surface area contributed by atoms with Crippen LogP contribution < -0.4 is 5.32 Å². The van der Waals surface area contributed by atoms with Gasteiger partial charge in [0.25, 0.3) is 5.91 Å². The Morgan fingerprint density at radius 2 is 1.95 bits per heavy atom. The average Bonchev–Trinajstić information content (AvgIpc) is 2.87. The van der Waals surface area contributed by atoms with Crippen LogP contribution in [0.2, 0.25) is 0 Å². The first-order chi connectivity index (χ1) is 9.87. The van der Waals surface area contributed by atoms with Crippen LogP contribution in [-0.2, 0) is 4.79 Å². The standard InChI is InChI=1S/C14H16N4O3/c1-14(2,8-12(19)20)16-13(21)11-9-15-18(17-11)10-6-4-3-5-7-10/h3-7,9H,8H2,1-2H3,(H,16,21)(H,19,20). The minimum absolute atomic E-state index is 0.136. The molecule has 1 aromatic heterocycles. The van der Waals surface area contributed by atoms with Gasteiger partial charge in [0.1, 0.15) is 0 Å². The molecule has 1 aromatic carbocycles. The van der Waals surface area contributed by atoms with Gasteiger partial charge in [0.2, 0.25) is 0 Å². The number of carboxylic acids is 1. The fourth-order valence-electron chi connectivity index (χ4n) is 1.85. The Bertz CT molecular complexity index is 649. The molecule has 0 radical (unpaired) electrons. The Morgan fingerprint density at radius 3 is 2.57 bits per heavy atom. The number of aromatic nitrogens is 3. The summed E-state index contributed by atoms with van der Waals surface area (Å²) in [5, 5.41) is 19.6. The fourth-order valence-corrected chi connectivity index (χ4v) is 1.85. The summed E-state index contributed by atoms with van der Waals surface area (Å²) >= 11 is 0. The fraction of sp³-hybridized carbons (Fsp3) is 0.286. The van der Waals surface area contributed by atoms with Crippen molar-refractivity contribution in [1.29, 1.82) is 0 Å². The van der Waals surface area contributed by atoms with Crippen molar-refractivity contribution >= 4 is 11.9 Å². The number of amides is 1. The van der Waals surface area contributed by atoms with Crippen LogP contribution in [0.4, 0.5) is 0 Å². The summed E-state index contributed by atoms with van der Waals surface area (Å²) in [5.41, 5.74) is 0.0121. The maximum absolute atomic E-state index is 12.1. The Labute approximate surface area is 121 Å². The topological polar surface area (TPSA) is 97.1 Å². The van der Waals surface area contributed by atoms with Crippen molar-refractivity contribution in [2.75, 3.05) is 0 Å². The molecule has 0 spiro atoms. The lowest BCUT2D eigenvalue weighted by atomic mass is 10.0. The molecule has 0 unspecified atom stereocenters. The highest BCUT2D eigenvalue weighted by molar-refractivity contribution is 5.92. The van der Waals surface area contributed by atoms with E-state index in [2.05, 4.69) is 15.5 Å². The summed E-state index contributed by atoms with van der Waals surface area (Å²) in [6.45, 7) is 3.28. The number of hydrogen-bond donors (Lipinski definition) is 2. The number of benzene rings is 1. The van der Waals surface area contributed by atoms with Crippen molar-refractivity contribution < 1.29 is 14.7 Å². The lowest BCUT2D eigenvalue weighted by molar-refractivity contribution is -0.138. The van der Waals surface area contributed by atoms with Crippen molar-refractivity contribution in [1.82, 2.24) is 20.3 Å². The van der Waals surface area contributed by atoms with Crippen LogP contribution >= 0.6 is 0 Å². The minimum Gasteiger partial charge on any atom is -0.481 e. The Morgan fingerprint density at radius 1 is 1.29 bits per heavy atom. The molecule has 0 saturated carbocycles. The molecule has 110 valence electrons. The molecular formula is C14H16N4O3. The van der Waals surface area contributed by atoms with Crippen molar-refractivity contribution in [2.45, 2.75) is 25.8 Å². The van der Waals surface area contributed by atoms with Gasteiger partial charge >= 0.3 is 5.97 Å². The lowest BCUT2D eigenvalue weighted by Crippen LogP contribution is -2.45. The van der Waals surface area contributed by atoms with Gasteiger partial charge in [-0.25, -0.2) is 0 Å². The van der Waals surface area contributed by atoms with Gasteiger partial charge in [-0.05, 0) is 26.0 Å². The quantitative estimate of drug-likeness (QED) is 0.863. The van der Waals surface area contributed by atoms with Crippen LogP contribution in [0.25, 0.3) is 5.69 Å². The summed E-state index contributed by atoms with van der Waals surface area (Å²) in [6, 6.07) is 9.18. The monoisotopic (exact) mass is 288 g/mol. The normalized spacial score (nSPS) is 11.1. The molecule has 0 atom stereocenters. The number of aliphatic carboxylic acids is 1. The van der Waals surface area contributed by atoms with Crippen molar-refractivity contribution in [3.8, 4) is 5.69 Å². The molecule has 1 amide bonds. The van der Waals surface area contributed by atoms with E-state index in [-0.39, 0.29) is 12.1 Å². The van der Waals surface area contributed by atoms with Gasteiger partial charge in [-0.1, -0.05) is 18.2 Å². The summed E-state index contributed by atoms with van der Waals surface area (Å²) in [4.78, 5) is 24.2. The van der Waals surface area contributed by atoms with Crippen LogP contribution in [-0.4, -0.2) is 37.5 Å². The third-order valence-corrected chi connectivity index (χ3v) is 2.76. The first-order valence-corrected chi connectivity index (χ1v) is 6.39. The van der Waals surface area contributed by atoms with E-state index in [4.69, 9.17) is 5.11 Å². The number of nitrogens with zero attached hydrogens (tertiary/aromatic N) is 3. The van der Waals surface area contributed by atoms with E-state index >= 15 is 0 Å². The first-order valence-electron chi connectivity index (χ1n) is 6.39. The second-order valence-electron chi connectivity index (χ2n) is 5.26. The van der Waals surface area contributed by atoms with Crippen molar-refractivity contribution in [3.63, 3.8) is 0 Å². The van der Waals surface area contributed by atoms with Gasteiger partial charge in [0.05, 0.1) is 18.3 Å². The smallest absolute Gasteiger partial charge is 0.305 e. The molecule has 2 N–H and O–H groups in total. The highest BCUT2D eigenvalue weighted by Crippen LogP contribution is 2.10. The molecule has 0 aliphatic rings. The number of carbonyl (C=O) groups excluding carboxylic acids is 1. The van der Waals surface area contributed by atoms with Crippen LogP contribution in [0.3, 0.4) is 0 Å². The zero-order valence-electron chi connectivity index (χ0n) is 11.8. The molecule has 1 heterocycles.